The number of Topliss-reactive ketones (excluding diaryl/α,β-unsaturated/α-hetero) is 2. The van der Waals surface area contributed by atoms with Crippen LogP contribution in [-0.2, 0) is 32.1 Å². The molecule has 2 aromatic rings. The summed E-state index contributed by atoms with van der Waals surface area (Å²) in [6.45, 7) is 0.358. The number of nitrogens with two attached hydrogens (primary N) is 1. The zero-order chi connectivity index (χ0) is 33.0. The van der Waals surface area contributed by atoms with Crippen molar-refractivity contribution >= 4 is 40.5 Å². The minimum atomic E-state index is -2.74. The Morgan fingerprint density at radius 3 is 2.33 bits per heavy atom. The van der Waals surface area contributed by atoms with Gasteiger partial charge in [0.1, 0.15) is 22.8 Å². The maximum absolute atomic E-state index is 14.1. The number of aliphatic hydroxyl groups is 3. The fraction of sp³-hybridized carbons (Fsp3) is 0.375. The number of anilines is 2. The highest BCUT2D eigenvalue weighted by Gasteiger charge is 2.64. The highest BCUT2D eigenvalue weighted by atomic mass is 16.3. The molecule has 4 atom stereocenters. The number of rotatable bonds is 8. The van der Waals surface area contributed by atoms with E-state index in [1.54, 1.807) is 39.2 Å². The standard InChI is InChI=1S/C32H37N5O8/c1-36(2)20-12-19(35-21(38)14-34-13-15-8-6-5-7-9-15)26(39)23-17(20)10-16-11-18-25(37(3)4)28(41)24(31(33)44)30(43)32(18,45)29(42)22(16)27(23)40/h5-9,12,16,18,25,34,39-40,43,45H,10-11,13-14H2,1-4H3,(H2,33,44)(H,35,38)/t16?,18?,25-,32-/m0/s1. The lowest BCUT2D eigenvalue weighted by Gasteiger charge is -2.50. The Morgan fingerprint density at radius 1 is 1.07 bits per heavy atom. The summed E-state index contributed by atoms with van der Waals surface area (Å²) in [7, 11) is 6.58. The first-order chi connectivity index (χ1) is 21.2. The number of fused-ring (bicyclic) bond motifs is 3. The average Bonchev–Trinajstić information content (AvgIpc) is 2.96. The molecule has 13 nitrogen and oxygen atoms in total. The number of amides is 2. The summed E-state index contributed by atoms with van der Waals surface area (Å²) in [5.74, 6) is -7.84. The van der Waals surface area contributed by atoms with Gasteiger partial charge in [-0.25, -0.2) is 0 Å². The van der Waals surface area contributed by atoms with Gasteiger partial charge in [-0.3, -0.25) is 24.1 Å². The summed E-state index contributed by atoms with van der Waals surface area (Å²) >= 11 is 0. The van der Waals surface area contributed by atoms with Crippen LogP contribution in [0.2, 0.25) is 0 Å². The molecule has 238 valence electrons. The molecule has 45 heavy (non-hydrogen) atoms. The van der Waals surface area contributed by atoms with Gasteiger partial charge in [0.05, 0.1) is 23.8 Å². The van der Waals surface area contributed by atoms with E-state index in [0.717, 1.165) is 5.56 Å². The Morgan fingerprint density at radius 2 is 1.73 bits per heavy atom. The quantitative estimate of drug-likeness (QED) is 0.162. The van der Waals surface area contributed by atoms with E-state index in [1.165, 1.54) is 4.90 Å². The fourth-order valence-electron chi connectivity index (χ4n) is 6.90. The Hall–Kier alpha value is -4.72. The van der Waals surface area contributed by atoms with E-state index in [9.17, 15) is 39.6 Å². The number of likely N-dealkylation sites (N-methyl/N-ethyl adjacent to an activating group) is 1. The molecule has 1 saturated carbocycles. The molecule has 0 heterocycles. The van der Waals surface area contributed by atoms with E-state index in [2.05, 4.69) is 10.6 Å². The molecule has 13 heteroatoms. The number of aromatic hydroxyl groups is 1. The van der Waals surface area contributed by atoms with Crippen LogP contribution in [0.1, 0.15) is 23.1 Å². The van der Waals surface area contributed by atoms with Gasteiger partial charge in [-0.05, 0) is 50.0 Å². The monoisotopic (exact) mass is 619 g/mol. The number of primary amides is 1. The van der Waals surface area contributed by atoms with Gasteiger partial charge in [-0.15, -0.1) is 0 Å². The van der Waals surface area contributed by atoms with Gasteiger partial charge in [0, 0.05) is 37.8 Å². The van der Waals surface area contributed by atoms with E-state index < -0.39 is 69.7 Å². The number of hydrogen-bond acceptors (Lipinski definition) is 11. The van der Waals surface area contributed by atoms with Crippen LogP contribution in [0.15, 0.2) is 53.3 Å². The van der Waals surface area contributed by atoms with Crippen LogP contribution in [0.4, 0.5) is 11.4 Å². The van der Waals surface area contributed by atoms with Crippen LogP contribution in [0.25, 0.3) is 5.76 Å². The maximum atomic E-state index is 14.1. The topological polar surface area (TPSA) is 206 Å². The lowest BCUT2D eigenvalue weighted by Crippen LogP contribution is -2.65. The first-order valence-corrected chi connectivity index (χ1v) is 14.5. The van der Waals surface area contributed by atoms with Crippen molar-refractivity contribution in [3.63, 3.8) is 0 Å². The van der Waals surface area contributed by atoms with Crippen molar-refractivity contribution in [2.75, 3.05) is 45.0 Å². The summed E-state index contributed by atoms with van der Waals surface area (Å²) in [5, 5.41) is 51.5. The Bertz CT molecular complexity index is 1670. The lowest BCUT2D eigenvalue weighted by atomic mass is 9.57. The SMILES string of the molecule is CN(C)c1cc(NC(=O)CNCc2ccccc2)c(O)c2c1CC1CC3[C@H](N(C)C)C(=O)C(C(N)=O)=C(O)[C@@]3(O)C(=O)C1=C2O. The molecule has 5 rings (SSSR count). The van der Waals surface area contributed by atoms with Crippen LogP contribution in [-0.4, -0.2) is 95.1 Å². The molecule has 0 aromatic heterocycles. The molecule has 0 spiro atoms. The third-order valence-electron chi connectivity index (χ3n) is 8.91. The number of hydrogen-bond donors (Lipinski definition) is 7. The van der Waals surface area contributed by atoms with Crippen molar-refractivity contribution in [3.05, 3.63) is 70.0 Å². The van der Waals surface area contributed by atoms with Gasteiger partial charge >= 0.3 is 0 Å². The minimum Gasteiger partial charge on any atom is -0.508 e. The van der Waals surface area contributed by atoms with E-state index in [-0.39, 0.29) is 36.2 Å². The van der Waals surface area contributed by atoms with Crippen LogP contribution in [0, 0.1) is 11.8 Å². The molecule has 2 aromatic carbocycles. The molecule has 2 unspecified atom stereocenters. The lowest BCUT2D eigenvalue weighted by molar-refractivity contribution is -0.153. The van der Waals surface area contributed by atoms with Crippen LogP contribution in [0.3, 0.4) is 0 Å². The molecule has 0 saturated heterocycles. The Balaban J connectivity index is 1.56. The van der Waals surface area contributed by atoms with Crippen LogP contribution in [0.5, 0.6) is 5.75 Å². The Labute approximate surface area is 259 Å². The number of carbonyl (C=O) groups excluding carboxylic acids is 4. The van der Waals surface area contributed by atoms with Crippen LogP contribution >= 0.6 is 0 Å². The van der Waals surface area contributed by atoms with Crippen LogP contribution < -0.4 is 21.3 Å². The van der Waals surface area contributed by atoms with Crippen molar-refractivity contribution in [1.82, 2.24) is 10.2 Å². The third kappa shape index (κ3) is 5.12. The number of nitrogens with one attached hydrogen (secondary N) is 2. The third-order valence-corrected chi connectivity index (χ3v) is 8.91. The normalized spacial score (nSPS) is 24.3. The molecule has 0 radical (unpaired) electrons. The number of aliphatic hydroxyl groups excluding tert-OH is 2. The number of benzene rings is 2. The Kier molecular flexibility index (Phi) is 8.21. The van der Waals surface area contributed by atoms with Crippen molar-refractivity contribution in [2.45, 2.75) is 31.0 Å². The number of carbonyl (C=O) groups is 4. The maximum Gasteiger partial charge on any atom is 0.255 e. The summed E-state index contributed by atoms with van der Waals surface area (Å²) < 4.78 is 0. The molecule has 3 aliphatic rings. The number of nitrogens with zero attached hydrogens (tertiary/aromatic N) is 2. The molecule has 2 amide bonds. The highest BCUT2D eigenvalue weighted by molar-refractivity contribution is 6.24. The van der Waals surface area contributed by atoms with Crippen molar-refractivity contribution in [1.29, 1.82) is 0 Å². The van der Waals surface area contributed by atoms with Gasteiger partial charge in [0.15, 0.2) is 11.4 Å². The van der Waals surface area contributed by atoms with E-state index >= 15 is 0 Å². The second-order valence-electron chi connectivity index (χ2n) is 12.1. The van der Waals surface area contributed by atoms with Gasteiger partial charge in [-0.1, -0.05) is 30.3 Å². The molecule has 3 aliphatic carbocycles. The molecular formula is C32H37N5O8. The molecule has 1 fully saturated rings. The summed E-state index contributed by atoms with van der Waals surface area (Å²) in [4.78, 5) is 55.6. The number of phenols is 1. The zero-order valence-electron chi connectivity index (χ0n) is 25.4. The van der Waals surface area contributed by atoms with Gasteiger partial charge in [-0.2, -0.15) is 0 Å². The molecular weight excluding hydrogens is 582 g/mol. The number of phenolic OH excluding ortho intramolecular Hbond substituents is 1. The van der Waals surface area contributed by atoms with E-state index in [1.807, 2.05) is 30.3 Å². The predicted molar refractivity (Wildman–Crippen MR) is 165 cm³/mol. The second kappa shape index (κ2) is 11.7. The van der Waals surface area contributed by atoms with Gasteiger partial charge < -0.3 is 41.7 Å². The second-order valence-corrected chi connectivity index (χ2v) is 12.1. The number of ketones is 2. The first kappa shape index (κ1) is 31.7. The van der Waals surface area contributed by atoms with Crippen molar-refractivity contribution in [3.8, 4) is 5.75 Å². The fourth-order valence-corrected chi connectivity index (χ4v) is 6.90. The average molecular weight is 620 g/mol. The van der Waals surface area contributed by atoms with Gasteiger partial charge in [0.25, 0.3) is 5.91 Å². The summed E-state index contributed by atoms with van der Waals surface area (Å²) in [6.07, 6.45) is 0.105. The summed E-state index contributed by atoms with van der Waals surface area (Å²) in [5.41, 5.74) is 3.41. The zero-order valence-corrected chi connectivity index (χ0v) is 25.4. The first-order valence-electron chi connectivity index (χ1n) is 14.5. The van der Waals surface area contributed by atoms with Crippen molar-refractivity contribution < 1.29 is 39.6 Å². The predicted octanol–water partition coefficient (Wildman–Crippen LogP) is 0.758. The summed E-state index contributed by atoms with van der Waals surface area (Å²) in [6, 6.07) is 9.88. The molecule has 8 N–H and O–H groups in total. The minimum absolute atomic E-state index is 0.0101. The van der Waals surface area contributed by atoms with E-state index in [0.29, 0.717) is 17.8 Å². The largest absolute Gasteiger partial charge is 0.508 e. The smallest absolute Gasteiger partial charge is 0.255 e. The van der Waals surface area contributed by atoms with Crippen molar-refractivity contribution in [2.24, 2.45) is 17.6 Å². The highest BCUT2D eigenvalue weighted by Crippen LogP contribution is 2.54. The van der Waals surface area contributed by atoms with E-state index in [4.69, 9.17) is 5.73 Å². The molecule has 0 aliphatic heterocycles. The molecule has 0 bridgehead atoms. The van der Waals surface area contributed by atoms with Gasteiger partial charge in [0.2, 0.25) is 11.7 Å².